The Morgan fingerprint density at radius 2 is 1.25 bits per heavy atom. The van der Waals surface area contributed by atoms with Crippen molar-refractivity contribution < 1.29 is 5.11 Å². The van der Waals surface area contributed by atoms with Crippen LogP contribution in [0.1, 0.15) is 40.3 Å². The van der Waals surface area contributed by atoms with Gasteiger partial charge in [0.15, 0.2) is 0 Å². The summed E-state index contributed by atoms with van der Waals surface area (Å²) in [6.45, 7) is 11.4. The molecule has 88 valence electrons. The van der Waals surface area contributed by atoms with Gasteiger partial charge >= 0.3 is 0 Å². The molecule has 0 saturated heterocycles. The van der Waals surface area contributed by atoms with Gasteiger partial charge in [-0.1, -0.05) is 6.92 Å². The van der Waals surface area contributed by atoms with Crippen LogP contribution < -0.4 is 0 Å². The zero-order chi connectivity index (χ0) is 12.1. The highest BCUT2D eigenvalue weighted by Gasteiger charge is 2.35. The van der Waals surface area contributed by atoms with Gasteiger partial charge in [-0.05, 0) is 79.3 Å². The summed E-state index contributed by atoms with van der Waals surface area (Å²) in [5.41, 5.74) is 8.80. The van der Waals surface area contributed by atoms with Crippen LogP contribution in [0, 0.1) is 33.1 Å². The van der Waals surface area contributed by atoms with Crippen molar-refractivity contribution in [2.45, 2.75) is 47.5 Å². The number of hydrogen-bond donors (Lipinski definition) is 1. The maximum Gasteiger partial charge on any atom is 0.0491 e. The van der Waals surface area contributed by atoms with Gasteiger partial charge in [0.25, 0.3) is 0 Å². The second-order valence-corrected chi connectivity index (χ2v) is 5.78. The number of aliphatic hydroxyl groups excluding tert-OH is 1. The van der Waals surface area contributed by atoms with Crippen LogP contribution >= 0.6 is 0 Å². The Kier molecular flexibility index (Phi) is 2.62. The SMILES string of the molecule is Cc1c(C)c(C)c2c(c1C)CC(C)(CO)C2. The van der Waals surface area contributed by atoms with Gasteiger partial charge in [-0.3, -0.25) is 0 Å². The van der Waals surface area contributed by atoms with Crippen LogP contribution in [0.4, 0.5) is 0 Å². The van der Waals surface area contributed by atoms with Gasteiger partial charge in [0.2, 0.25) is 0 Å². The van der Waals surface area contributed by atoms with Gasteiger partial charge in [-0.2, -0.15) is 0 Å². The Hall–Kier alpha value is -0.820. The molecule has 0 amide bonds. The molecule has 0 aromatic heterocycles. The van der Waals surface area contributed by atoms with Gasteiger partial charge in [0, 0.05) is 6.61 Å². The van der Waals surface area contributed by atoms with Crippen LogP contribution in [-0.4, -0.2) is 11.7 Å². The Labute approximate surface area is 98.5 Å². The Morgan fingerprint density at radius 1 is 0.875 bits per heavy atom. The summed E-state index contributed by atoms with van der Waals surface area (Å²) >= 11 is 0. The fourth-order valence-corrected chi connectivity index (χ4v) is 2.97. The minimum Gasteiger partial charge on any atom is -0.396 e. The van der Waals surface area contributed by atoms with E-state index in [1.54, 1.807) is 0 Å². The van der Waals surface area contributed by atoms with E-state index < -0.39 is 0 Å². The average molecular weight is 218 g/mol. The number of benzene rings is 1. The molecule has 0 radical (unpaired) electrons. The van der Waals surface area contributed by atoms with Gasteiger partial charge < -0.3 is 5.11 Å². The normalized spacial score (nSPS) is 17.6. The summed E-state index contributed by atoms with van der Waals surface area (Å²) in [5, 5.41) is 9.52. The Balaban J connectivity index is 2.62. The molecule has 1 N–H and O–H groups in total. The third kappa shape index (κ3) is 1.49. The zero-order valence-electron chi connectivity index (χ0n) is 11.1. The smallest absolute Gasteiger partial charge is 0.0491 e. The van der Waals surface area contributed by atoms with Gasteiger partial charge in [0.05, 0.1) is 0 Å². The highest BCUT2D eigenvalue weighted by Crippen LogP contribution is 2.41. The largest absolute Gasteiger partial charge is 0.396 e. The first kappa shape index (κ1) is 11.7. The van der Waals surface area contributed by atoms with E-state index in [-0.39, 0.29) is 5.41 Å². The van der Waals surface area contributed by atoms with Crippen molar-refractivity contribution in [2.24, 2.45) is 5.41 Å². The van der Waals surface area contributed by atoms with Gasteiger partial charge in [-0.25, -0.2) is 0 Å². The molecule has 0 bridgehead atoms. The lowest BCUT2D eigenvalue weighted by atomic mass is 9.88. The molecular formula is C15H22O. The van der Waals surface area contributed by atoms with E-state index in [0.29, 0.717) is 6.61 Å². The predicted octanol–water partition coefficient (Wildman–Crippen LogP) is 3.02. The minimum atomic E-state index is 0.0675. The Morgan fingerprint density at radius 3 is 1.56 bits per heavy atom. The monoisotopic (exact) mass is 218 g/mol. The molecule has 16 heavy (non-hydrogen) atoms. The van der Waals surface area contributed by atoms with Crippen molar-refractivity contribution in [3.63, 3.8) is 0 Å². The molecule has 1 aliphatic carbocycles. The van der Waals surface area contributed by atoms with Crippen LogP contribution in [0.3, 0.4) is 0 Å². The highest BCUT2D eigenvalue weighted by molar-refractivity contribution is 5.53. The molecule has 0 unspecified atom stereocenters. The zero-order valence-corrected chi connectivity index (χ0v) is 11.1. The van der Waals surface area contributed by atoms with Gasteiger partial charge in [0.1, 0.15) is 0 Å². The summed E-state index contributed by atoms with van der Waals surface area (Å²) in [6, 6.07) is 0. The first-order valence-corrected chi connectivity index (χ1v) is 6.08. The number of aliphatic hydroxyl groups is 1. The average Bonchev–Trinajstić information content (AvgIpc) is 2.63. The van der Waals surface area contributed by atoms with Crippen LogP contribution in [-0.2, 0) is 12.8 Å². The molecule has 1 aromatic carbocycles. The van der Waals surface area contributed by atoms with E-state index in [1.807, 2.05) is 0 Å². The third-order valence-corrected chi connectivity index (χ3v) is 4.55. The van der Waals surface area contributed by atoms with Gasteiger partial charge in [-0.15, -0.1) is 0 Å². The van der Waals surface area contributed by atoms with E-state index in [2.05, 4.69) is 34.6 Å². The lowest BCUT2D eigenvalue weighted by Gasteiger charge is -2.19. The molecule has 0 atom stereocenters. The van der Waals surface area contributed by atoms with Crippen molar-refractivity contribution in [3.05, 3.63) is 33.4 Å². The van der Waals surface area contributed by atoms with Crippen molar-refractivity contribution >= 4 is 0 Å². The number of hydrogen-bond acceptors (Lipinski definition) is 1. The van der Waals surface area contributed by atoms with E-state index in [1.165, 1.54) is 33.4 Å². The van der Waals surface area contributed by atoms with Crippen molar-refractivity contribution in [2.75, 3.05) is 6.61 Å². The molecule has 0 aliphatic heterocycles. The summed E-state index contributed by atoms with van der Waals surface area (Å²) in [4.78, 5) is 0. The predicted molar refractivity (Wildman–Crippen MR) is 68.0 cm³/mol. The molecular weight excluding hydrogens is 196 g/mol. The van der Waals surface area contributed by atoms with Crippen LogP contribution in [0.5, 0.6) is 0 Å². The summed E-state index contributed by atoms with van der Waals surface area (Å²) in [5.74, 6) is 0. The summed E-state index contributed by atoms with van der Waals surface area (Å²) in [7, 11) is 0. The lowest BCUT2D eigenvalue weighted by molar-refractivity contribution is 0.152. The van der Waals surface area contributed by atoms with E-state index in [4.69, 9.17) is 0 Å². The van der Waals surface area contributed by atoms with Crippen LogP contribution in [0.2, 0.25) is 0 Å². The topological polar surface area (TPSA) is 20.2 Å². The molecule has 0 spiro atoms. The van der Waals surface area contributed by atoms with E-state index >= 15 is 0 Å². The molecule has 1 heteroatoms. The molecule has 0 fully saturated rings. The molecule has 1 aliphatic rings. The fourth-order valence-electron chi connectivity index (χ4n) is 2.97. The van der Waals surface area contributed by atoms with Crippen LogP contribution in [0.25, 0.3) is 0 Å². The van der Waals surface area contributed by atoms with Crippen molar-refractivity contribution in [3.8, 4) is 0 Å². The molecule has 1 nitrogen and oxygen atoms in total. The van der Waals surface area contributed by atoms with Crippen molar-refractivity contribution in [1.82, 2.24) is 0 Å². The molecule has 0 heterocycles. The maximum atomic E-state index is 9.52. The van der Waals surface area contributed by atoms with E-state index in [0.717, 1.165) is 12.8 Å². The third-order valence-electron chi connectivity index (χ3n) is 4.55. The summed E-state index contributed by atoms with van der Waals surface area (Å²) < 4.78 is 0. The van der Waals surface area contributed by atoms with Crippen molar-refractivity contribution in [1.29, 1.82) is 0 Å². The standard InChI is InChI=1S/C15H22O/c1-9-10(2)12(4)14-7-15(5,8-16)6-13(14)11(9)3/h16H,6-8H2,1-5H3. The first-order chi connectivity index (χ1) is 7.39. The second-order valence-electron chi connectivity index (χ2n) is 5.78. The second kappa shape index (κ2) is 3.59. The minimum absolute atomic E-state index is 0.0675. The fraction of sp³-hybridized carbons (Fsp3) is 0.600. The highest BCUT2D eigenvalue weighted by atomic mass is 16.3. The van der Waals surface area contributed by atoms with Crippen LogP contribution in [0.15, 0.2) is 0 Å². The number of fused-ring (bicyclic) bond motifs is 1. The number of rotatable bonds is 1. The van der Waals surface area contributed by atoms with E-state index in [9.17, 15) is 5.11 Å². The molecule has 1 aromatic rings. The summed E-state index contributed by atoms with van der Waals surface area (Å²) in [6.07, 6.45) is 2.07. The molecule has 0 saturated carbocycles. The molecule has 2 rings (SSSR count). The first-order valence-electron chi connectivity index (χ1n) is 6.08. The Bertz CT molecular complexity index is 406. The maximum absolute atomic E-state index is 9.52. The lowest BCUT2D eigenvalue weighted by Crippen LogP contribution is -2.21. The quantitative estimate of drug-likeness (QED) is 0.768.